The summed E-state index contributed by atoms with van der Waals surface area (Å²) in [7, 11) is 0. The molecule has 4 aromatic carbocycles. The van der Waals surface area contributed by atoms with Crippen molar-refractivity contribution in [3.05, 3.63) is 165 Å². The molecule has 1 saturated carbocycles. The zero-order chi connectivity index (χ0) is 33.9. The number of fused-ring (bicyclic) bond motifs is 4. The molecule has 2 aliphatic carbocycles. The van der Waals surface area contributed by atoms with Crippen LogP contribution in [-0.4, -0.2) is 37.2 Å². The third-order valence-corrected chi connectivity index (χ3v) is 10.3. The predicted octanol–water partition coefficient (Wildman–Crippen LogP) is 5.36. The number of aromatic nitrogens is 3. The Bertz CT molecular complexity index is 2300. The highest BCUT2D eigenvalue weighted by molar-refractivity contribution is 6.31. The lowest BCUT2D eigenvalue weighted by Gasteiger charge is -2.54. The van der Waals surface area contributed by atoms with E-state index in [1.165, 1.54) is 21.5 Å². The molecule has 9 nitrogen and oxygen atoms in total. The first kappa shape index (κ1) is 30.4. The maximum absolute atomic E-state index is 15.1. The second-order valence-corrected chi connectivity index (χ2v) is 12.7. The van der Waals surface area contributed by atoms with E-state index in [-0.39, 0.29) is 36.0 Å². The molecule has 0 saturated heterocycles. The van der Waals surface area contributed by atoms with Gasteiger partial charge in [0.25, 0.3) is 0 Å². The number of nitrogens with zero attached hydrogens (tertiary/aromatic N) is 3. The molecule has 1 aromatic heterocycles. The number of hydrogen-bond acceptors (Lipinski definition) is 6. The second-order valence-electron chi connectivity index (χ2n) is 12.7. The number of carbonyl (C=O) groups is 2. The van der Waals surface area contributed by atoms with Gasteiger partial charge in [-0.15, -0.1) is 0 Å². The summed E-state index contributed by atoms with van der Waals surface area (Å²) in [6.45, 7) is 2.21. The summed E-state index contributed by atoms with van der Waals surface area (Å²) in [6.07, 6.45) is 3.52. The van der Waals surface area contributed by atoms with Crippen LogP contribution in [0, 0.1) is 5.92 Å². The van der Waals surface area contributed by atoms with Gasteiger partial charge in [-0.05, 0) is 65.9 Å². The number of Topliss-reactive ketones (excluding diaryl/α,β-unsaturated/α-hetero) is 1. The van der Waals surface area contributed by atoms with Crippen molar-refractivity contribution in [2.75, 3.05) is 6.61 Å². The smallest absolute Gasteiger partial charge is 0.352 e. The van der Waals surface area contributed by atoms with Gasteiger partial charge in [-0.1, -0.05) is 91.0 Å². The minimum absolute atomic E-state index is 0.0526. The van der Waals surface area contributed by atoms with Gasteiger partial charge in [0.2, 0.25) is 0 Å². The highest BCUT2D eigenvalue weighted by atomic mass is 16.5. The Labute approximate surface area is 281 Å². The molecule has 0 bridgehead atoms. The average molecular weight is 652 g/mol. The Morgan fingerprint density at radius 2 is 1.51 bits per heavy atom. The maximum Gasteiger partial charge on any atom is 0.352 e. The van der Waals surface area contributed by atoms with E-state index < -0.39 is 34.7 Å². The molecular formula is C40H33N3O6. The van der Waals surface area contributed by atoms with Crippen LogP contribution in [0.5, 0.6) is 11.5 Å². The molecule has 49 heavy (non-hydrogen) atoms. The molecule has 0 unspecified atom stereocenters. The maximum atomic E-state index is 15.1. The highest BCUT2D eigenvalue weighted by Crippen LogP contribution is 2.61. The van der Waals surface area contributed by atoms with Gasteiger partial charge in [0.05, 0.1) is 30.3 Å². The van der Waals surface area contributed by atoms with Crippen LogP contribution in [0.3, 0.4) is 0 Å². The summed E-state index contributed by atoms with van der Waals surface area (Å²) in [6, 6.07) is 31.5. The second kappa shape index (κ2) is 11.6. The standard InChI is InChI=1S/C40H33N3O6/c1-2-49-34-22-26(18-19-33(34)44)36-29-20-21-41-38(47)42(28-16-10-5-11-17-28)39(48)43(41)32(29)24-31-37(46)30(25-12-6-3-7-13-25)23-35(45)40(31,36)27-14-8-4-9-15-27/h3-20,22-23,31-32,36,44H,2,21,24H2,1H3/t31-,32+,36-,40-/m0/s1. The number of allylic oxidation sites excluding steroid dienone is 4. The minimum atomic E-state index is -1.40. The summed E-state index contributed by atoms with van der Waals surface area (Å²) >= 11 is 0. The Hall–Kier alpha value is -5.96. The van der Waals surface area contributed by atoms with Gasteiger partial charge in [0.1, 0.15) is 0 Å². The molecule has 3 aliphatic rings. The van der Waals surface area contributed by atoms with Gasteiger partial charge in [-0.3, -0.25) is 9.59 Å². The van der Waals surface area contributed by atoms with E-state index in [1.807, 2.05) is 79.7 Å². The normalized spacial score (nSPS) is 22.8. The van der Waals surface area contributed by atoms with Crippen molar-refractivity contribution < 1.29 is 19.4 Å². The number of rotatable bonds is 6. The molecule has 5 aromatic rings. The zero-order valence-electron chi connectivity index (χ0n) is 26.7. The largest absolute Gasteiger partial charge is 0.504 e. The van der Waals surface area contributed by atoms with Crippen molar-refractivity contribution in [1.29, 1.82) is 0 Å². The van der Waals surface area contributed by atoms with Gasteiger partial charge in [-0.25, -0.2) is 23.5 Å². The predicted molar refractivity (Wildman–Crippen MR) is 184 cm³/mol. The number of para-hydroxylation sites is 1. The van der Waals surface area contributed by atoms with Crippen molar-refractivity contribution >= 4 is 17.1 Å². The van der Waals surface area contributed by atoms with Crippen LogP contribution in [0.15, 0.2) is 137 Å². The summed E-state index contributed by atoms with van der Waals surface area (Å²) in [5.74, 6) is -1.90. The Morgan fingerprint density at radius 1 is 0.837 bits per heavy atom. The molecule has 9 heteroatoms. The Balaban J connectivity index is 1.43. The first-order valence-corrected chi connectivity index (χ1v) is 16.4. The molecule has 2 heterocycles. The number of ketones is 2. The van der Waals surface area contributed by atoms with Crippen LogP contribution >= 0.6 is 0 Å². The van der Waals surface area contributed by atoms with Crippen molar-refractivity contribution in [3.63, 3.8) is 0 Å². The van der Waals surface area contributed by atoms with Gasteiger partial charge in [-0.2, -0.15) is 0 Å². The number of benzene rings is 4. The molecule has 1 fully saturated rings. The van der Waals surface area contributed by atoms with Crippen molar-refractivity contribution in [1.82, 2.24) is 13.9 Å². The van der Waals surface area contributed by atoms with Gasteiger partial charge < -0.3 is 9.84 Å². The van der Waals surface area contributed by atoms with Gasteiger partial charge in [0, 0.05) is 17.4 Å². The first-order chi connectivity index (χ1) is 23.9. The van der Waals surface area contributed by atoms with Gasteiger partial charge >= 0.3 is 11.4 Å². The average Bonchev–Trinajstić information content (AvgIpc) is 3.40. The van der Waals surface area contributed by atoms with Crippen molar-refractivity contribution in [2.24, 2.45) is 5.92 Å². The number of phenols is 1. The lowest BCUT2D eigenvalue weighted by Crippen LogP contribution is -2.58. The lowest BCUT2D eigenvalue weighted by atomic mass is 9.47. The number of ether oxygens (including phenoxy) is 1. The molecule has 0 amide bonds. The van der Waals surface area contributed by atoms with E-state index in [0.29, 0.717) is 34.6 Å². The number of aromatic hydroxyl groups is 1. The fourth-order valence-electron chi connectivity index (χ4n) is 8.29. The van der Waals surface area contributed by atoms with E-state index >= 15 is 4.79 Å². The fraction of sp³-hybridized carbons (Fsp3) is 0.200. The third-order valence-electron chi connectivity index (χ3n) is 10.3. The molecule has 0 radical (unpaired) electrons. The summed E-state index contributed by atoms with van der Waals surface area (Å²) in [4.78, 5) is 58.2. The van der Waals surface area contributed by atoms with Crippen molar-refractivity contribution in [3.8, 4) is 17.2 Å². The molecule has 1 N–H and O–H groups in total. The van der Waals surface area contributed by atoms with Crippen LogP contribution in [0.25, 0.3) is 11.3 Å². The van der Waals surface area contributed by atoms with Crippen LogP contribution < -0.4 is 16.1 Å². The van der Waals surface area contributed by atoms with Gasteiger partial charge in [0.15, 0.2) is 23.1 Å². The minimum Gasteiger partial charge on any atom is -0.504 e. The van der Waals surface area contributed by atoms with E-state index in [0.717, 1.165) is 10.1 Å². The molecule has 0 spiro atoms. The Morgan fingerprint density at radius 3 is 2.20 bits per heavy atom. The topological polar surface area (TPSA) is 113 Å². The lowest BCUT2D eigenvalue weighted by molar-refractivity contribution is -0.133. The number of carbonyl (C=O) groups excluding carboxylic acids is 2. The van der Waals surface area contributed by atoms with E-state index in [9.17, 15) is 19.5 Å². The molecular weight excluding hydrogens is 618 g/mol. The summed E-state index contributed by atoms with van der Waals surface area (Å²) < 4.78 is 9.85. The molecule has 4 atom stereocenters. The third kappa shape index (κ3) is 4.45. The van der Waals surface area contributed by atoms with Crippen molar-refractivity contribution in [2.45, 2.75) is 37.3 Å². The van der Waals surface area contributed by atoms with Crippen LogP contribution in [0.4, 0.5) is 0 Å². The molecule has 1 aliphatic heterocycles. The summed E-state index contributed by atoms with van der Waals surface area (Å²) in [5, 5.41) is 10.7. The number of hydrogen-bond donors (Lipinski definition) is 1. The summed E-state index contributed by atoms with van der Waals surface area (Å²) in [5.41, 5.74) is 1.07. The molecule has 8 rings (SSSR count). The fourth-order valence-corrected chi connectivity index (χ4v) is 8.29. The zero-order valence-corrected chi connectivity index (χ0v) is 26.7. The highest BCUT2D eigenvalue weighted by Gasteiger charge is 2.63. The monoisotopic (exact) mass is 651 g/mol. The van der Waals surface area contributed by atoms with E-state index in [2.05, 4.69) is 0 Å². The van der Waals surface area contributed by atoms with E-state index in [1.54, 1.807) is 36.4 Å². The SMILES string of the molecule is CCOc1cc([C@H]2C3=CCn4c(=O)n(-c5ccccc5)c(=O)n4[C@@H]3C[C@H]3C(=O)C(c4ccccc4)=CC(=O)[C@@]23c2ccccc2)ccc1O. The van der Waals surface area contributed by atoms with E-state index in [4.69, 9.17) is 4.74 Å². The molecule has 244 valence electrons. The quantitative estimate of drug-likeness (QED) is 0.248. The number of phenolic OH excluding ortho intramolecular Hbond substituents is 1. The van der Waals surface area contributed by atoms with Crippen LogP contribution in [0.1, 0.15) is 42.0 Å². The first-order valence-electron chi connectivity index (χ1n) is 16.4. The Kier molecular flexibility index (Phi) is 7.21. The van der Waals surface area contributed by atoms with Crippen LogP contribution in [-0.2, 0) is 21.5 Å². The van der Waals surface area contributed by atoms with Crippen LogP contribution in [0.2, 0.25) is 0 Å².